The van der Waals surface area contributed by atoms with E-state index in [0.29, 0.717) is 24.2 Å². The fourth-order valence-corrected chi connectivity index (χ4v) is 6.37. The number of nitrogens with two attached hydrogens (primary N) is 1. The lowest BCUT2D eigenvalue weighted by atomic mass is 9.79. The fourth-order valence-electron chi connectivity index (χ4n) is 6.37. The van der Waals surface area contributed by atoms with Gasteiger partial charge in [0.15, 0.2) is 0 Å². The van der Waals surface area contributed by atoms with E-state index in [1.807, 2.05) is 11.8 Å². The predicted molar refractivity (Wildman–Crippen MR) is 128 cm³/mol. The minimum absolute atomic E-state index is 0.0256. The maximum Gasteiger partial charge on any atom is 0.267 e. The van der Waals surface area contributed by atoms with E-state index in [-0.39, 0.29) is 5.91 Å². The summed E-state index contributed by atoms with van der Waals surface area (Å²) in [6.45, 7) is 6.93. The van der Waals surface area contributed by atoms with E-state index in [0.717, 1.165) is 42.5 Å². The number of primary amides is 1. The molecule has 3 aliphatic carbocycles. The van der Waals surface area contributed by atoms with E-state index in [1.165, 1.54) is 58.7 Å². The third-order valence-corrected chi connectivity index (χ3v) is 8.32. The largest absolute Gasteiger partial charge is 0.364 e. The predicted octanol–water partition coefficient (Wildman–Crippen LogP) is 4.50. The second-order valence-electron chi connectivity index (χ2n) is 10.2. The van der Waals surface area contributed by atoms with Gasteiger partial charge in [0.05, 0.1) is 0 Å². The Labute approximate surface area is 194 Å². The molecule has 5 heteroatoms. The lowest BCUT2D eigenvalue weighted by Crippen LogP contribution is -2.35. The second-order valence-corrected chi connectivity index (χ2v) is 10.2. The average Bonchev–Trinajstić information content (AvgIpc) is 3.47. The maximum absolute atomic E-state index is 12.4. The molecule has 2 heterocycles. The van der Waals surface area contributed by atoms with Gasteiger partial charge < -0.3 is 10.6 Å². The molecule has 0 radical (unpaired) electrons. The number of benzene rings is 1. The van der Waals surface area contributed by atoms with Crippen molar-refractivity contribution in [1.82, 2.24) is 9.88 Å². The highest BCUT2D eigenvalue weighted by Crippen LogP contribution is 2.62. The van der Waals surface area contributed by atoms with Crippen molar-refractivity contribution in [3.63, 3.8) is 0 Å². The molecule has 1 spiro atoms. The van der Waals surface area contributed by atoms with Gasteiger partial charge >= 0.3 is 0 Å². The number of carbonyl (C=O) groups excluding carboxylic acids is 2. The van der Waals surface area contributed by atoms with Gasteiger partial charge in [0.1, 0.15) is 5.69 Å². The number of aryl methyl sites for hydroxylation is 1. The Morgan fingerprint density at radius 1 is 1.15 bits per heavy atom. The molecule has 1 fully saturated rings. The number of hydrogen-bond donors (Lipinski definition) is 1. The van der Waals surface area contributed by atoms with Crippen LogP contribution >= 0.6 is 0 Å². The molecule has 5 nitrogen and oxygen atoms in total. The Bertz CT molecular complexity index is 1280. The van der Waals surface area contributed by atoms with Gasteiger partial charge in [-0.05, 0) is 96.8 Å². The molecule has 4 aliphatic rings. The van der Waals surface area contributed by atoms with Crippen LogP contribution in [0.3, 0.4) is 0 Å². The van der Waals surface area contributed by atoms with E-state index in [9.17, 15) is 9.59 Å². The van der Waals surface area contributed by atoms with E-state index in [1.54, 1.807) is 0 Å². The molecule has 1 aromatic carbocycles. The molecule has 0 bridgehead atoms. The number of aromatic nitrogens is 1. The number of nitrogens with zero attached hydrogens (tertiary/aromatic N) is 2. The molecule has 6 rings (SSSR count). The molecular weight excluding hydrogens is 410 g/mol. The van der Waals surface area contributed by atoms with Gasteiger partial charge in [-0.25, -0.2) is 4.98 Å². The summed E-state index contributed by atoms with van der Waals surface area (Å²) >= 11 is 0. The van der Waals surface area contributed by atoms with E-state index in [2.05, 4.69) is 24.8 Å². The maximum atomic E-state index is 12.4. The van der Waals surface area contributed by atoms with Crippen LogP contribution in [-0.2, 0) is 24.2 Å². The topological polar surface area (TPSA) is 76.3 Å². The Balaban J connectivity index is 1.54. The van der Waals surface area contributed by atoms with Gasteiger partial charge in [0.2, 0.25) is 5.91 Å². The fraction of sp³-hybridized carbons (Fsp3) is 0.393. The van der Waals surface area contributed by atoms with Crippen LogP contribution < -0.4 is 5.73 Å². The van der Waals surface area contributed by atoms with Crippen molar-refractivity contribution in [3.8, 4) is 11.1 Å². The highest BCUT2D eigenvalue weighted by atomic mass is 16.2. The highest BCUT2D eigenvalue weighted by molar-refractivity contribution is 5.99. The van der Waals surface area contributed by atoms with Gasteiger partial charge in [-0.2, -0.15) is 0 Å². The summed E-state index contributed by atoms with van der Waals surface area (Å²) in [5.74, 6) is -0.460. The SMILES string of the molecule is C=CC(=O)N1CCc2c(cccc2-c2c(C)nc(C(N)=O)c3c2C2=C(CCC4(CC4)C2)C3)C1. The zero-order valence-corrected chi connectivity index (χ0v) is 19.2. The van der Waals surface area contributed by atoms with Crippen LogP contribution in [0.15, 0.2) is 36.4 Å². The van der Waals surface area contributed by atoms with Crippen LogP contribution in [0.1, 0.15) is 70.5 Å². The summed E-state index contributed by atoms with van der Waals surface area (Å²) in [6.07, 6.45) is 9.12. The zero-order valence-electron chi connectivity index (χ0n) is 19.2. The summed E-state index contributed by atoms with van der Waals surface area (Å²) in [4.78, 5) is 31.2. The van der Waals surface area contributed by atoms with Crippen LogP contribution in [0, 0.1) is 12.3 Å². The number of fused-ring (bicyclic) bond motifs is 3. The minimum atomic E-state index is -0.435. The summed E-state index contributed by atoms with van der Waals surface area (Å²) in [5.41, 5.74) is 17.6. The first-order valence-electron chi connectivity index (χ1n) is 12.0. The van der Waals surface area contributed by atoms with Gasteiger partial charge in [-0.3, -0.25) is 9.59 Å². The third-order valence-electron chi connectivity index (χ3n) is 8.32. The zero-order chi connectivity index (χ0) is 22.9. The number of carbonyl (C=O) groups is 2. The molecule has 33 heavy (non-hydrogen) atoms. The Hall–Kier alpha value is -3.21. The smallest absolute Gasteiger partial charge is 0.267 e. The first kappa shape index (κ1) is 20.4. The molecule has 1 aliphatic heterocycles. The van der Waals surface area contributed by atoms with Crippen LogP contribution in [0.2, 0.25) is 0 Å². The molecule has 2 N–H and O–H groups in total. The van der Waals surface area contributed by atoms with E-state index >= 15 is 0 Å². The third kappa shape index (κ3) is 3.09. The van der Waals surface area contributed by atoms with Crippen molar-refractivity contribution >= 4 is 17.4 Å². The molecule has 1 aromatic heterocycles. The van der Waals surface area contributed by atoms with Gasteiger partial charge in [-0.1, -0.05) is 30.4 Å². The first-order chi connectivity index (χ1) is 15.9. The Kier molecular flexibility index (Phi) is 4.42. The minimum Gasteiger partial charge on any atom is -0.364 e. The van der Waals surface area contributed by atoms with Crippen molar-refractivity contribution in [3.05, 3.63) is 70.1 Å². The van der Waals surface area contributed by atoms with Crippen LogP contribution in [-0.4, -0.2) is 28.2 Å². The number of hydrogen-bond acceptors (Lipinski definition) is 3. The molecule has 2 aromatic rings. The molecule has 1 saturated carbocycles. The summed E-state index contributed by atoms with van der Waals surface area (Å²) < 4.78 is 0. The molecule has 2 amide bonds. The number of pyridine rings is 1. The molecule has 0 unspecified atom stereocenters. The van der Waals surface area contributed by atoms with Crippen molar-refractivity contribution in [2.75, 3.05) is 6.54 Å². The van der Waals surface area contributed by atoms with Crippen molar-refractivity contribution in [2.24, 2.45) is 11.1 Å². The molecule has 168 valence electrons. The summed E-state index contributed by atoms with van der Waals surface area (Å²) in [5, 5.41) is 0. The first-order valence-corrected chi connectivity index (χ1v) is 12.0. The highest BCUT2D eigenvalue weighted by Gasteiger charge is 2.47. The van der Waals surface area contributed by atoms with Gasteiger partial charge in [0, 0.05) is 24.3 Å². The number of rotatable bonds is 3. The quantitative estimate of drug-likeness (QED) is 0.716. The lowest BCUT2D eigenvalue weighted by molar-refractivity contribution is -0.126. The monoisotopic (exact) mass is 439 g/mol. The van der Waals surface area contributed by atoms with Crippen LogP contribution in [0.5, 0.6) is 0 Å². The van der Waals surface area contributed by atoms with E-state index in [4.69, 9.17) is 10.7 Å². The Morgan fingerprint density at radius 2 is 1.97 bits per heavy atom. The van der Waals surface area contributed by atoms with E-state index < -0.39 is 5.91 Å². The Morgan fingerprint density at radius 3 is 2.70 bits per heavy atom. The van der Waals surface area contributed by atoms with Crippen molar-refractivity contribution in [1.29, 1.82) is 0 Å². The molecule has 0 atom stereocenters. The van der Waals surface area contributed by atoms with Crippen LogP contribution in [0.25, 0.3) is 16.7 Å². The van der Waals surface area contributed by atoms with Crippen molar-refractivity contribution < 1.29 is 9.59 Å². The average molecular weight is 440 g/mol. The number of amides is 2. The van der Waals surface area contributed by atoms with Gasteiger partial charge in [-0.15, -0.1) is 0 Å². The standard InChI is InChI=1S/C28H29N3O2/c1-3-23(32)31-12-8-19-18(15-31)5-4-6-20(19)24-16(2)30-26(27(29)33)21-13-17-7-9-28(10-11-28)14-22(17)25(21)24/h3-6H,1,7-15H2,2H3,(H2,29,33). The van der Waals surface area contributed by atoms with Gasteiger partial charge in [0.25, 0.3) is 5.91 Å². The number of allylic oxidation sites excluding steroid dienone is 2. The van der Waals surface area contributed by atoms with Crippen molar-refractivity contribution in [2.45, 2.75) is 58.4 Å². The second kappa shape index (κ2) is 7.14. The summed E-state index contributed by atoms with van der Waals surface area (Å²) in [7, 11) is 0. The molecular formula is C28H29N3O2. The normalized spacial score (nSPS) is 19.7. The van der Waals surface area contributed by atoms with Crippen LogP contribution in [0.4, 0.5) is 0 Å². The summed E-state index contributed by atoms with van der Waals surface area (Å²) in [6, 6.07) is 6.39. The lowest BCUT2D eigenvalue weighted by Gasteiger charge is -2.30. The molecule has 0 saturated heterocycles.